The predicted octanol–water partition coefficient (Wildman–Crippen LogP) is 4.27. The Hall–Kier alpha value is -2.59. The zero-order chi connectivity index (χ0) is 18.5. The van der Waals surface area contributed by atoms with Crippen molar-refractivity contribution in [2.24, 2.45) is 7.05 Å². The van der Waals surface area contributed by atoms with Crippen LogP contribution >= 0.6 is 0 Å². The predicted molar refractivity (Wildman–Crippen MR) is 111 cm³/mol. The fraction of sp³-hybridized carbons (Fsp3) is 0.348. The fourth-order valence-electron chi connectivity index (χ4n) is 4.06. The van der Waals surface area contributed by atoms with E-state index in [1.807, 2.05) is 17.9 Å². The molecule has 1 aliphatic heterocycles. The van der Waals surface area contributed by atoms with Crippen molar-refractivity contribution in [1.82, 2.24) is 14.7 Å². The molecule has 2 aromatic carbocycles. The highest BCUT2D eigenvalue weighted by atomic mass is 15.4. The molecule has 0 atom stereocenters. The monoisotopic (exact) mass is 360 g/mol. The molecule has 1 aliphatic rings. The van der Waals surface area contributed by atoms with Crippen molar-refractivity contribution >= 4 is 11.5 Å². The first-order valence-corrected chi connectivity index (χ1v) is 9.90. The van der Waals surface area contributed by atoms with Gasteiger partial charge in [-0.15, -0.1) is 0 Å². The summed E-state index contributed by atoms with van der Waals surface area (Å²) in [5, 5.41) is 4.40. The molecule has 4 nitrogen and oxygen atoms in total. The lowest BCUT2D eigenvalue weighted by Crippen LogP contribution is -2.44. The zero-order valence-corrected chi connectivity index (χ0v) is 16.0. The maximum absolute atomic E-state index is 4.40. The van der Waals surface area contributed by atoms with Gasteiger partial charge in [0.1, 0.15) is 5.82 Å². The van der Waals surface area contributed by atoms with E-state index in [9.17, 15) is 0 Å². The van der Waals surface area contributed by atoms with Crippen LogP contribution in [-0.4, -0.2) is 40.4 Å². The van der Waals surface area contributed by atoms with E-state index in [2.05, 4.69) is 81.6 Å². The molecule has 0 radical (unpaired) electrons. The summed E-state index contributed by atoms with van der Waals surface area (Å²) in [5.41, 5.74) is 2.68. The maximum atomic E-state index is 4.40. The largest absolute Gasteiger partial charge is 0.323 e. The van der Waals surface area contributed by atoms with Crippen LogP contribution in [0.4, 0.5) is 11.5 Å². The van der Waals surface area contributed by atoms with Gasteiger partial charge in [0.25, 0.3) is 0 Å². The lowest BCUT2D eigenvalue weighted by Gasteiger charge is -2.39. The number of hydrogen-bond acceptors (Lipinski definition) is 3. The number of likely N-dealkylation sites (tertiary alicyclic amines) is 1. The van der Waals surface area contributed by atoms with Crippen LogP contribution in [0.2, 0.25) is 0 Å². The summed E-state index contributed by atoms with van der Waals surface area (Å²) in [4.78, 5) is 5.08. The number of aryl methyl sites for hydroxylation is 1. The lowest BCUT2D eigenvalue weighted by molar-refractivity contribution is 0.214. The minimum atomic E-state index is 0.510. The standard InChI is InChI=1S/C23H28N4/c1-25-23(12-16-24-25)27(21-10-6-3-7-11-21)22-14-18-26(19-15-22)17-13-20-8-4-2-5-9-20/h2-12,16,22H,13-15,17-19H2,1H3. The van der Waals surface area contributed by atoms with Crippen LogP contribution in [0.25, 0.3) is 0 Å². The first kappa shape index (κ1) is 17.8. The summed E-state index contributed by atoms with van der Waals surface area (Å²) in [6.45, 7) is 3.45. The van der Waals surface area contributed by atoms with Crippen LogP contribution in [-0.2, 0) is 13.5 Å². The maximum Gasteiger partial charge on any atom is 0.131 e. The van der Waals surface area contributed by atoms with E-state index in [1.165, 1.54) is 29.9 Å². The van der Waals surface area contributed by atoms with Crippen molar-refractivity contribution in [1.29, 1.82) is 0 Å². The third-order valence-corrected chi connectivity index (χ3v) is 5.56. The van der Waals surface area contributed by atoms with E-state index in [1.54, 1.807) is 0 Å². The number of rotatable bonds is 6. The molecule has 1 saturated heterocycles. The summed E-state index contributed by atoms with van der Waals surface area (Å²) in [5.74, 6) is 1.17. The summed E-state index contributed by atoms with van der Waals surface area (Å²) < 4.78 is 1.98. The molecule has 4 rings (SSSR count). The van der Waals surface area contributed by atoms with Gasteiger partial charge in [0.2, 0.25) is 0 Å². The molecule has 2 heterocycles. The quantitative estimate of drug-likeness (QED) is 0.656. The topological polar surface area (TPSA) is 24.3 Å². The summed E-state index contributed by atoms with van der Waals surface area (Å²) in [6.07, 6.45) is 5.37. The Balaban J connectivity index is 1.42. The molecule has 3 aromatic rings. The number of nitrogens with zero attached hydrogens (tertiary/aromatic N) is 4. The van der Waals surface area contributed by atoms with Crippen molar-refractivity contribution < 1.29 is 0 Å². The Morgan fingerprint density at radius 3 is 2.22 bits per heavy atom. The van der Waals surface area contributed by atoms with Gasteiger partial charge in [0, 0.05) is 44.5 Å². The molecule has 0 spiro atoms. The molecule has 0 amide bonds. The van der Waals surface area contributed by atoms with Gasteiger partial charge in [0.15, 0.2) is 0 Å². The van der Waals surface area contributed by atoms with Gasteiger partial charge in [-0.3, -0.25) is 4.68 Å². The first-order valence-electron chi connectivity index (χ1n) is 9.90. The number of para-hydroxylation sites is 1. The van der Waals surface area contributed by atoms with Crippen LogP contribution in [0.3, 0.4) is 0 Å². The molecular formula is C23H28N4. The van der Waals surface area contributed by atoms with Crippen molar-refractivity contribution in [3.63, 3.8) is 0 Å². The van der Waals surface area contributed by atoms with Gasteiger partial charge in [-0.05, 0) is 37.0 Å². The minimum absolute atomic E-state index is 0.510. The smallest absolute Gasteiger partial charge is 0.131 e. The normalized spacial score (nSPS) is 15.7. The second kappa shape index (κ2) is 8.40. The highest BCUT2D eigenvalue weighted by Gasteiger charge is 2.27. The van der Waals surface area contributed by atoms with E-state index < -0.39 is 0 Å². The van der Waals surface area contributed by atoms with E-state index in [0.29, 0.717) is 6.04 Å². The van der Waals surface area contributed by atoms with Gasteiger partial charge in [0.05, 0.1) is 6.20 Å². The van der Waals surface area contributed by atoms with E-state index in [4.69, 9.17) is 0 Å². The zero-order valence-electron chi connectivity index (χ0n) is 16.0. The van der Waals surface area contributed by atoms with Gasteiger partial charge in [-0.2, -0.15) is 5.10 Å². The van der Waals surface area contributed by atoms with Gasteiger partial charge in [-0.25, -0.2) is 0 Å². The van der Waals surface area contributed by atoms with Crippen LogP contribution in [0, 0.1) is 0 Å². The number of anilines is 2. The Morgan fingerprint density at radius 1 is 0.926 bits per heavy atom. The first-order chi connectivity index (χ1) is 13.3. The number of aromatic nitrogens is 2. The molecule has 0 saturated carbocycles. The Labute approximate surface area is 162 Å². The Bertz CT molecular complexity index is 820. The molecular weight excluding hydrogens is 332 g/mol. The van der Waals surface area contributed by atoms with Crippen molar-refractivity contribution in [2.75, 3.05) is 24.5 Å². The highest BCUT2D eigenvalue weighted by Crippen LogP contribution is 2.31. The van der Waals surface area contributed by atoms with E-state index >= 15 is 0 Å². The van der Waals surface area contributed by atoms with Crippen LogP contribution in [0.15, 0.2) is 72.9 Å². The molecule has 0 N–H and O–H groups in total. The van der Waals surface area contributed by atoms with Crippen molar-refractivity contribution in [2.45, 2.75) is 25.3 Å². The van der Waals surface area contributed by atoms with E-state index in [0.717, 1.165) is 26.1 Å². The number of benzene rings is 2. The molecule has 1 fully saturated rings. The lowest BCUT2D eigenvalue weighted by atomic mass is 10.0. The van der Waals surface area contributed by atoms with Crippen LogP contribution in [0.1, 0.15) is 18.4 Å². The number of hydrogen-bond donors (Lipinski definition) is 0. The number of piperidine rings is 1. The summed E-state index contributed by atoms with van der Waals surface area (Å²) >= 11 is 0. The third-order valence-electron chi connectivity index (χ3n) is 5.56. The fourth-order valence-corrected chi connectivity index (χ4v) is 4.06. The minimum Gasteiger partial charge on any atom is -0.323 e. The molecule has 0 aliphatic carbocycles. The van der Waals surface area contributed by atoms with Crippen LogP contribution in [0.5, 0.6) is 0 Å². The van der Waals surface area contributed by atoms with Crippen molar-refractivity contribution in [3.05, 3.63) is 78.5 Å². The molecule has 0 bridgehead atoms. The average molecular weight is 361 g/mol. The third kappa shape index (κ3) is 4.22. The van der Waals surface area contributed by atoms with Crippen LogP contribution < -0.4 is 4.90 Å². The SMILES string of the molecule is Cn1nccc1N(c1ccccc1)C1CCN(CCc2ccccc2)CC1. The molecule has 4 heteroatoms. The molecule has 27 heavy (non-hydrogen) atoms. The summed E-state index contributed by atoms with van der Waals surface area (Å²) in [6, 6.07) is 24.2. The molecule has 140 valence electrons. The van der Waals surface area contributed by atoms with Gasteiger partial charge in [-0.1, -0.05) is 48.5 Å². The Morgan fingerprint density at radius 2 is 1.59 bits per heavy atom. The molecule has 1 aromatic heterocycles. The second-order valence-corrected chi connectivity index (χ2v) is 7.33. The van der Waals surface area contributed by atoms with Gasteiger partial charge >= 0.3 is 0 Å². The van der Waals surface area contributed by atoms with Gasteiger partial charge < -0.3 is 9.80 Å². The second-order valence-electron chi connectivity index (χ2n) is 7.33. The van der Waals surface area contributed by atoms with E-state index in [-0.39, 0.29) is 0 Å². The Kier molecular flexibility index (Phi) is 5.54. The summed E-state index contributed by atoms with van der Waals surface area (Å²) in [7, 11) is 2.03. The van der Waals surface area contributed by atoms with Crippen molar-refractivity contribution in [3.8, 4) is 0 Å². The highest BCUT2D eigenvalue weighted by molar-refractivity contribution is 5.61. The average Bonchev–Trinajstić information content (AvgIpc) is 3.15. The molecule has 0 unspecified atom stereocenters.